The number of morpholine rings is 1. The Labute approximate surface area is 233 Å². The van der Waals surface area contributed by atoms with Gasteiger partial charge in [-0.25, -0.2) is 9.97 Å². The van der Waals surface area contributed by atoms with E-state index in [-0.39, 0.29) is 23.6 Å². The number of amides is 2. The zero-order valence-corrected chi connectivity index (χ0v) is 23.5. The van der Waals surface area contributed by atoms with Crippen molar-refractivity contribution in [3.63, 3.8) is 0 Å². The number of halogens is 1. The quantitative estimate of drug-likeness (QED) is 0.202. The van der Waals surface area contributed by atoms with Crippen molar-refractivity contribution in [2.45, 2.75) is 24.5 Å². The highest BCUT2D eigenvalue weighted by Gasteiger charge is 2.29. The van der Waals surface area contributed by atoms with Crippen LogP contribution in [0.4, 0.5) is 5.82 Å². The number of benzene rings is 1. The molecule has 0 radical (unpaired) electrons. The second-order valence-corrected chi connectivity index (χ2v) is 10.6. The summed E-state index contributed by atoms with van der Waals surface area (Å²) in [5.74, 6) is 1.57. The van der Waals surface area contributed by atoms with Crippen molar-refractivity contribution in [3.05, 3.63) is 41.0 Å². The van der Waals surface area contributed by atoms with E-state index < -0.39 is 0 Å². The topological polar surface area (TPSA) is 100 Å². The molecule has 0 bridgehead atoms. The van der Waals surface area contributed by atoms with Gasteiger partial charge >= 0.3 is 0 Å². The van der Waals surface area contributed by atoms with Gasteiger partial charge in [-0.3, -0.25) is 14.5 Å². The van der Waals surface area contributed by atoms with Gasteiger partial charge in [0.15, 0.2) is 5.16 Å². The molecule has 2 aliphatic rings. The number of thioether (sulfide) groups is 1. The van der Waals surface area contributed by atoms with Crippen LogP contribution in [0.3, 0.4) is 0 Å². The van der Waals surface area contributed by atoms with Crippen LogP contribution >= 0.6 is 23.4 Å². The van der Waals surface area contributed by atoms with Crippen LogP contribution in [-0.4, -0.2) is 110 Å². The van der Waals surface area contributed by atoms with Crippen LogP contribution in [0.1, 0.15) is 23.7 Å². The zero-order chi connectivity index (χ0) is 26.9. The largest absolute Gasteiger partial charge is 0.497 e. The van der Waals surface area contributed by atoms with E-state index in [1.54, 1.807) is 37.4 Å². The molecule has 0 saturated carbocycles. The number of rotatable bonds is 10. The second-order valence-electron chi connectivity index (χ2n) is 9.30. The first-order valence-electron chi connectivity index (χ1n) is 12.9. The molecule has 1 aromatic heterocycles. The fourth-order valence-corrected chi connectivity index (χ4v) is 5.43. The third kappa shape index (κ3) is 7.95. The molecule has 2 fully saturated rings. The molecule has 1 atom stereocenters. The van der Waals surface area contributed by atoms with Gasteiger partial charge in [-0.2, -0.15) is 0 Å². The van der Waals surface area contributed by atoms with Gasteiger partial charge in [-0.05, 0) is 44.2 Å². The summed E-state index contributed by atoms with van der Waals surface area (Å²) in [6.07, 6.45) is 0.902. The van der Waals surface area contributed by atoms with E-state index in [1.807, 2.05) is 11.8 Å². The zero-order valence-electron chi connectivity index (χ0n) is 21.9. The summed E-state index contributed by atoms with van der Waals surface area (Å²) in [5.41, 5.74) is 0.634. The maximum absolute atomic E-state index is 13.1. The fourth-order valence-electron chi connectivity index (χ4n) is 4.52. The average Bonchev–Trinajstić information content (AvgIpc) is 2.94. The molecule has 2 aliphatic heterocycles. The summed E-state index contributed by atoms with van der Waals surface area (Å²) < 4.78 is 10.5. The Morgan fingerprint density at radius 2 is 1.92 bits per heavy atom. The predicted molar refractivity (Wildman–Crippen MR) is 148 cm³/mol. The number of carbonyl (C=O) groups excluding carboxylic acids is 2. The number of ether oxygens (including phenoxy) is 2. The molecule has 3 heterocycles. The van der Waals surface area contributed by atoms with Crippen LogP contribution in [0, 0.1) is 0 Å². The molecule has 12 heteroatoms. The Hall–Kier alpha value is -2.60. The Balaban J connectivity index is 1.25. The van der Waals surface area contributed by atoms with Crippen LogP contribution in [0.5, 0.6) is 5.75 Å². The van der Waals surface area contributed by atoms with E-state index >= 15 is 0 Å². The summed E-state index contributed by atoms with van der Waals surface area (Å²) in [6, 6.07) is 8.86. The van der Waals surface area contributed by atoms with Crippen molar-refractivity contribution in [1.82, 2.24) is 25.1 Å². The Morgan fingerprint density at radius 1 is 1.16 bits per heavy atom. The van der Waals surface area contributed by atoms with E-state index in [0.29, 0.717) is 47.9 Å². The number of anilines is 1. The number of carbonyl (C=O) groups is 2. The SMILES string of the molecule is COc1ccc(C(=O)N2CCN(c3cc(Cl)nc(SCC(=O)NCCCN4CCOCC4)n3)CC2C)cc1. The first kappa shape index (κ1) is 28.4. The standard InChI is InChI=1S/C26H35ClN6O4S/c1-19-17-32(10-11-33(19)25(35)20-4-6-21(36-2)7-5-20)23-16-22(27)29-26(30-23)38-18-24(34)28-8-3-9-31-12-14-37-15-13-31/h4-7,16,19H,3,8-15,17-18H2,1-2H3,(H,28,34). The van der Waals surface area contributed by atoms with Gasteiger partial charge in [0, 0.05) is 56.9 Å². The summed E-state index contributed by atoms with van der Waals surface area (Å²) in [7, 11) is 1.60. The maximum atomic E-state index is 13.1. The normalized spacial score (nSPS) is 18.3. The van der Waals surface area contributed by atoms with E-state index in [0.717, 1.165) is 45.0 Å². The molecule has 1 aromatic carbocycles. The molecule has 2 amide bonds. The lowest BCUT2D eigenvalue weighted by molar-refractivity contribution is -0.118. The summed E-state index contributed by atoms with van der Waals surface area (Å²) in [4.78, 5) is 40.6. The smallest absolute Gasteiger partial charge is 0.254 e. The lowest BCUT2D eigenvalue weighted by atomic mass is 10.1. The Bertz CT molecular complexity index is 1090. The van der Waals surface area contributed by atoms with Gasteiger partial charge in [-0.15, -0.1) is 0 Å². The minimum absolute atomic E-state index is 0.00674. The molecule has 10 nitrogen and oxygen atoms in total. The summed E-state index contributed by atoms with van der Waals surface area (Å²) in [5, 5.41) is 3.75. The van der Waals surface area contributed by atoms with Crippen molar-refractivity contribution in [2.24, 2.45) is 0 Å². The molecule has 1 unspecified atom stereocenters. The van der Waals surface area contributed by atoms with Crippen LogP contribution in [0.25, 0.3) is 0 Å². The molecule has 38 heavy (non-hydrogen) atoms. The van der Waals surface area contributed by atoms with Gasteiger partial charge in [0.1, 0.15) is 16.7 Å². The van der Waals surface area contributed by atoms with E-state index in [4.69, 9.17) is 21.1 Å². The van der Waals surface area contributed by atoms with Gasteiger partial charge in [0.05, 0.1) is 26.1 Å². The van der Waals surface area contributed by atoms with Crippen LogP contribution in [0.15, 0.2) is 35.5 Å². The molecule has 2 aromatic rings. The maximum Gasteiger partial charge on any atom is 0.254 e. The van der Waals surface area contributed by atoms with Crippen molar-refractivity contribution < 1.29 is 19.1 Å². The number of aromatic nitrogens is 2. The van der Waals surface area contributed by atoms with Gasteiger partial charge in [0.2, 0.25) is 5.91 Å². The Morgan fingerprint density at radius 3 is 2.63 bits per heavy atom. The summed E-state index contributed by atoms with van der Waals surface area (Å²) >= 11 is 7.57. The van der Waals surface area contributed by atoms with Crippen LogP contribution < -0.4 is 15.0 Å². The average molecular weight is 563 g/mol. The minimum Gasteiger partial charge on any atom is -0.497 e. The predicted octanol–water partition coefficient (Wildman–Crippen LogP) is 2.42. The highest BCUT2D eigenvalue weighted by atomic mass is 35.5. The lowest BCUT2D eigenvalue weighted by Gasteiger charge is -2.40. The first-order chi connectivity index (χ1) is 18.4. The molecule has 2 saturated heterocycles. The van der Waals surface area contributed by atoms with Gasteiger partial charge < -0.3 is 24.6 Å². The number of hydrogen-bond donors (Lipinski definition) is 1. The second kappa shape index (κ2) is 14.0. The molecule has 206 valence electrons. The van der Waals surface area contributed by atoms with Gasteiger partial charge in [-0.1, -0.05) is 23.4 Å². The Kier molecular flexibility index (Phi) is 10.4. The highest BCUT2D eigenvalue weighted by molar-refractivity contribution is 7.99. The van der Waals surface area contributed by atoms with Crippen molar-refractivity contribution in [1.29, 1.82) is 0 Å². The third-order valence-corrected chi connectivity index (χ3v) is 7.66. The molecule has 1 N–H and O–H groups in total. The van der Waals surface area contributed by atoms with E-state index in [2.05, 4.69) is 25.1 Å². The fraction of sp³-hybridized carbons (Fsp3) is 0.538. The van der Waals surface area contributed by atoms with Crippen LogP contribution in [0.2, 0.25) is 5.15 Å². The van der Waals surface area contributed by atoms with E-state index in [1.165, 1.54) is 11.8 Å². The summed E-state index contributed by atoms with van der Waals surface area (Å²) in [6.45, 7) is 8.86. The molecular weight excluding hydrogens is 528 g/mol. The monoisotopic (exact) mass is 562 g/mol. The molecule has 0 spiro atoms. The number of hydrogen-bond acceptors (Lipinski definition) is 9. The first-order valence-corrected chi connectivity index (χ1v) is 14.2. The van der Waals surface area contributed by atoms with E-state index in [9.17, 15) is 9.59 Å². The van der Waals surface area contributed by atoms with Gasteiger partial charge in [0.25, 0.3) is 5.91 Å². The number of nitrogens with zero attached hydrogens (tertiary/aromatic N) is 5. The minimum atomic E-state index is -0.0543. The van der Waals surface area contributed by atoms with Crippen LogP contribution in [-0.2, 0) is 9.53 Å². The molecule has 0 aliphatic carbocycles. The molecule has 4 rings (SSSR count). The number of piperazine rings is 1. The molecular formula is C26H35ClN6O4S. The van der Waals surface area contributed by atoms with Crippen molar-refractivity contribution in [3.8, 4) is 5.75 Å². The lowest BCUT2D eigenvalue weighted by Crippen LogP contribution is -2.54. The van der Waals surface area contributed by atoms with Crippen molar-refractivity contribution in [2.75, 3.05) is 76.8 Å². The number of nitrogens with one attached hydrogen (secondary N) is 1. The third-order valence-electron chi connectivity index (χ3n) is 6.62. The van der Waals surface area contributed by atoms with Crippen molar-refractivity contribution >= 4 is 41.0 Å². The highest BCUT2D eigenvalue weighted by Crippen LogP contribution is 2.25. The number of methoxy groups -OCH3 is 1.